The fourth-order valence-corrected chi connectivity index (χ4v) is 17.7. The van der Waals surface area contributed by atoms with Gasteiger partial charge >= 0.3 is 392 Å². The summed E-state index contributed by atoms with van der Waals surface area (Å²) < 4.78 is 7.95. The maximum atomic E-state index is 2.56. The van der Waals surface area contributed by atoms with Crippen molar-refractivity contribution in [3.05, 3.63) is 328 Å². The minimum Gasteiger partial charge on any atom is -0.0617 e. The minimum absolute atomic E-state index is 0.0636. The predicted molar refractivity (Wildman–Crippen MR) is 390 cm³/mol. The summed E-state index contributed by atoms with van der Waals surface area (Å²) in [5.74, 6) is 0. The van der Waals surface area contributed by atoms with Crippen molar-refractivity contribution in [2.45, 2.75) is 0 Å². The molecular weight excluding hydrogens is 1160 g/mol. The number of fused-ring (bicyclic) bond motifs is 13. The molecule has 0 bridgehead atoms. The van der Waals surface area contributed by atoms with E-state index in [4.69, 9.17) is 0 Å². The Morgan fingerprint density at radius 3 is 0.868 bits per heavy atom. The van der Waals surface area contributed by atoms with Gasteiger partial charge in [-0.2, -0.15) is 0 Å². The predicted octanol–water partition coefficient (Wildman–Crippen LogP) is 23.9. The van der Waals surface area contributed by atoms with Crippen LogP contribution in [0.5, 0.6) is 0 Å². The summed E-state index contributed by atoms with van der Waals surface area (Å²) in [4.78, 5) is 0. The van der Waals surface area contributed by atoms with Gasteiger partial charge < -0.3 is 0 Å². The summed E-state index contributed by atoms with van der Waals surface area (Å²) in [6.07, 6.45) is 0. The van der Waals surface area contributed by atoms with Crippen molar-refractivity contribution in [3.8, 4) is 78.1 Å². The fourth-order valence-electron chi connectivity index (χ4n) is 15.3. The Morgan fingerprint density at radius 1 is 0.187 bits per heavy atom. The van der Waals surface area contributed by atoms with Crippen LogP contribution in [0.25, 0.3) is 184 Å². The standard InChI is InChI=1S/C88H54N2Se/c1-5-22-55(23-6-1)59-41-46-78-74(50-59)75-51-60(56-24-7-2-8-25-56)42-47-79(75)89(78)87-68-34-17-13-30-64(68)84(65-31-14-18-35-69(65)87)63-40-45-72-83(54-63)91-82-39-21-38-73(86(72)82)85-66-32-15-19-36-70(66)88(71-37-20-16-33-67(71)85)90-80-48-43-61(57-26-9-3-10-27-57)52-76(80)77-53-62(44-49-81(77)90)58-28-11-4-12-29-58/h1-54H. The van der Waals surface area contributed by atoms with Crippen LogP contribution in [0.15, 0.2) is 328 Å². The third-order valence-corrected chi connectivity index (χ3v) is 21.6. The van der Waals surface area contributed by atoms with Crippen LogP contribution in [-0.2, 0) is 0 Å². The van der Waals surface area contributed by atoms with Crippen molar-refractivity contribution in [3.63, 3.8) is 0 Å². The Balaban J connectivity index is 0.801. The molecule has 0 aliphatic heterocycles. The molecule has 0 aliphatic rings. The van der Waals surface area contributed by atoms with Crippen LogP contribution in [0.3, 0.4) is 0 Å². The summed E-state index contributed by atoms with van der Waals surface area (Å²) in [6, 6.07) is 122. The van der Waals surface area contributed by atoms with Gasteiger partial charge in [0.05, 0.1) is 0 Å². The van der Waals surface area contributed by atoms with E-state index < -0.39 is 0 Å². The van der Waals surface area contributed by atoms with E-state index >= 15 is 0 Å². The molecule has 0 saturated heterocycles. The third-order valence-electron chi connectivity index (χ3n) is 19.3. The van der Waals surface area contributed by atoms with E-state index in [1.807, 2.05) is 0 Å². The van der Waals surface area contributed by atoms with E-state index in [0.717, 1.165) is 0 Å². The Bertz CT molecular complexity index is 5860. The third kappa shape index (κ3) is 8.05. The number of hydrogen-bond acceptors (Lipinski definition) is 0. The molecule has 422 valence electrons. The smallest absolute Gasteiger partial charge is 0.0544 e. The normalized spacial score (nSPS) is 12.0. The molecule has 0 unspecified atom stereocenters. The summed E-state index contributed by atoms with van der Waals surface area (Å²) >= 11 is 0.0636. The monoisotopic (exact) mass is 1220 g/mol. The first-order valence-corrected chi connectivity index (χ1v) is 33.1. The SMILES string of the molecule is c1ccc(-c2ccc3c(c2)c2cc(-c4ccccc4)ccc2n3-c2c3ccccc3c(-c3ccc4c(c3)[se]c3cccc(-c5c6ccccc6c(-n6c7ccc(-c8ccccc8)cc7c7cc(-c8ccccc8)ccc76)c6ccccc56)c34)c3ccccc23)cc1. The van der Waals surface area contributed by atoms with Gasteiger partial charge in [-0.25, -0.2) is 0 Å². The van der Waals surface area contributed by atoms with Gasteiger partial charge in [0, 0.05) is 0 Å². The molecule has 3 aromatic heterocycles. The molecule has 19 aromatic rings. The summed E-state index contributed by atoms with van der Waals surface area (Å²) in [5.41, 5.74) is 21.9. The van der Waals surface area contributed by atoms with Gasteiger partial charge in [0.1, 0.15) is 0 Å². The van der Waals surface area contributed by atoms with Crippen LogP contribution < -0.4 is 0 Å². The van der Waals surface area contributed by atoms with Gasteiger partial charge in [0.25, 0.3) is 0 Å². The Kier molecular flexibility index (Phi) is 11.7. The van der Waals surface area contributed by atoms with Gasteiger partial charge in [0.15, 0.2) is 0 Å². The molecule has 0 aliphatic carbocycles. The maximum absolute atomic E-state index is 2.56. The summed E-state index contributed by atoms with van der Waals surface area (Å²) in [5, 5.41) is 17.5. The van der Waals surface area contributed by atoms with Crippen molar-refractivity contribution in [1.82, 2.24) is 9.13 Å². The zero-order valence-electron chi connectivity index (χ0n) is 49.5. The van der Waals surface area contributed by atoms with E-state index in [1.165, 1.54) is 184 Å². The second-order valence-corrected chi connectivity index (χ2v) is 26.5. The van der Waals surface area contributed by atoms with E-state index in [1.54, 1.807) is 0 Å². The van der Waals surface area contributed by atoms with Crippen LogP contribution in [-0.4, -0.2) is 23.6 Å². The van der Waals surface area contributed by atoms with Crippen LogP contribution in [0, 0.1) is 0 Å². The second-order valence-electron chi connectivity index (χ2n) is 24.2. The van der Waals surface area contributed by atoms with Crippen LogP contribution in [0.1, 0.15) is 0 Å². The van der Waals surface area contributed by atoms with Crippen molar-refractivity contribution in [2.24, 2.45) is 0 Å². The average molecular weight is 1220 g/mol. The number of rotatable bonds is 8. The van der Waals surface area contributed by atoms with Crippen LogP contribution in [0.4, 0.5) is 0 Å². The quantitative estimate of drug-likeness (QED) is 0.106. The zero-order chi connectivity index (χ0) is 59.7. The number of benzene rings is 16. The van der Waals surface area contributed by atoms with Gasteiger partial charge in [-0.3, -0.25) is 0 Å². The molecule has 16 aromatic carbocycles. The molecule has 0 saturated carbocycles. The molecule has 0 N–H and O–H groups in total. The van der Waals surface area contributed by atoms with Crippen molar-refractivity contribution >= 4 is 120 Å². The molecule has 0 fully saturated rings. The topological polar surface area (TPSA) is 9.86 Å². The molecule has 0 atom stereocenters. The van der Waals surface area contributed by atoms with E-state index in [0.29, 0.717) is 0 Å². The fraction of sp³-hybridized carbons (Fsp3) is 0. The molecule has 2 nitrogen and oxygen atoms in total. The molecule has 3 heterocycles. The second kappa shape index (κ2) is 20.6. The average Bonchev–Trinajstić information content (AvgIpc) is 1.75. The summed E-state index contributed by atoms with van der Waals surface area (Å²) in [6.45, 7) is 0. The van der Waals surface area contributed by atoms with E-state index in [-0.39, 0.29) is 14.5 Å². The molecule has 0 radical (unpaired) electrons. The number of aromatic nitrogens is 2. The number of hydrogen-bond donors (Lipinski definition) is 0. The first-order valence-electron chi connectivity index (χ1n) is 31.4. The Labute approximate surface area is 531 Å². The van der Waals surface area contributed by atoms with Crippen molar-refractivity contribution < 1.29 is 0 Å². The molecule has 3 heteroatoms. The van der Waals surface area contributed by atoms with Crippen LogP contribution >= 0.6 is 0 Å². The minimum atomic E-state index is 0.0636. The number of nitrogens with zero attached hydrogens (tertiary/aromatic N) is 2. The Morgan fingerprint density at radius 2 is 0.505 bits per heavy atom. The molecule has 0 amide bonds. The maximum Gasteiger partial charge on any atom is -0.0544 e. The molecule has 19 rings (SSSR count). The van der Waals surface area contributed by atoms with Gasteiger partial charge in [-0.15, -0.1) is 0 Å². The van der Waals surface area contributed by atoms with E-state index in [2.05, 4.69) is 337 Å². The molecule has 0 spiro atoms. The van der Waals surface area contributed by atoms with Gasteiger partial charge in [-0.05, 0) is 22.3 Å². The first kappa shape index (κ1) is 51.7. The van der Waals surface area contributed by atoms with Crippen molar-refractivity contribution in [2.75, 3.05) is 0 Å². The first-order chi connectivity index (χ1) is 45.2. The van der Waals surface area contributed by atoms with Crippen molar-refractivity contribution in [1.29, 1.82) is 0 Å². The Hall–Kier alpha value is -11.3. The largest absolute Gasteiger partial charge is 0.0617 e. The molecular formula is C88H54N2Se. The zero-order valence-corrected chi connectivity index (χ0v) is 51.2. The molecule has 91 heavy (non-hydrogen) atoms. The van der Waals surface area contributed by atoms with Crippen LogP contribution in [0.2, 0.25) is 0 Å². The van der Waals surface area contributed by atoms with Gasteiger partial charge in [0.2, 0.25) is 0 Å². The summed E-state index contributed by atoms with van der Waals surface area (Å²) in [7, 11) is 0. The van der Waals surface area contributed by atoms with Gasteiger partial charge in [-0.1, -0.05) is 121 Å². The van der Waals surface area contributed by atoms with E-state index in [9.17, 15) is 0 Å².